The van der Waals surface area contributed by atoms with Crippen molar-refractivity contribution in [1.29, 1.82) is 0 Å². The van der Waals surface area contributed by atoms with E-state index >= 15 is 0 Å². The summed E-state index contributed by atoms with van der Waals surface area (Å²) in [5.41, 5.74) is 0.966. The Morgan fingerprint density at radius 1 is 1.00 bits per heavy atom. The molecule has 0 saturated carbocycles. The molecule has 0 bridgehead atoms. The highest BCUT2D eigenvalue weighted by Gasteiger charge is 2.15. The summed E-state index contributed by atoms with van der Waals surface area (Å²) in [6.45, 7) is -0.511. The maximum Gasteiger partial charge on any atom is 0.357 e. The first-order chi connectivity index (χ1) is 12.4. The number of nitrogens with one attached hydrogen (secondary N) is 1. The van der Waals surface area contributed by atoms with E-state index in [0.29, 0.717) is 10.5 Å². The first-order valence-corrected chi connectivity index (χ1v) is 8.55. The molecule has 5 nitrogen and oxygen atoms in total. The van der Waals surface area contributed by atoms with Crippen LogP contribution in [0.5, 0.6) is 0 Å². The van der Waals surface area contributed by atoms with E-state index in [0.717, 1.165) is 5.39 Å². The molecule has 3 aromatic rings. The molecule has 0 saturated heterocycles. The van der Waals surface area contributed by atoms with E-state index in [1.165, 1.54) is 18.2 Å². The van der Waals surface area contributed by atoms with Gasteiger partial charge in [0.05, 0.1) is 21.2 Å². The Hall–Kier alpha value is -2.34. The van der Waals surface area contributed by atoms with Crippen molar-refractivity contribution in [1.82, 2.24) is 4.98 Å². The predicted molar refractivity (Wildman–Crippen MR) is 102 cm³/mol. The minimum Gasteiger partial charge on any atom is -0.451 e. The van der Waals surface area contributed by atoms with Crippen LogP contribution >= 0.6 is 34.8 Å². The second kappa shape index (κ2) is 7.91. The van der Waals surface area contributed by atoms with Gasteiger partial charge in [-0.2, -0.15) is 0 Å². The summed E-state index contributed by atoms with van der Waals surface area (Å²) in [5.74, 6) is -1.30. The van der Waals surface area contributed by atoms with Gasteiger partial charge in [-0.1, -0.05) is 59.1 Å². The zero-order valence-corrected chi connectivity index (χ0v) is 15.4. The number of esters is 1. The fourth-order valence-electron chi connectivity index (χ4n) is 2.22. The largest absolute Gasteiger partial charge is 0.451 e. The smallest absolute Gasteiger partial charge is 0.357 e. The van der Waals surface area contributed by atoms with Gasteiger partial charge in [0.25, 0.3) is 5.91 Å². The third-order valence-corrected chi connectivity index (χ3v) is 4.23. The number of nitrogens with zero attached hydrogens (tertiary/aromatic N) is 1. The Bertz CT molecular complexity index is 985. The van der Waals surface area contributed by atoms with Crippen molar-refractivity contribution >= 4 is 63.3 Å². The molecule has 1 amide bonds. The molecule has 0 atom stereocenters. The molecular formula is C18H11Cl3N2O3. The van der Waals surface area contributed by atoms with Crippen molar-refractivity contribution in [2.75, 3.05) is 11.9 Å². The Balaban J connectivity index is 1.64. The molecule has 0 unspecified atom stereocenters. The number of halogens is 3. The molecular weight excluding hydrogens is 399 g/mol. The SMILES string of the molecule is O=C(COC(=O)c1ccc2ccccc2n1)Nc1c(Cl)cc(Cl)cc1Cl. The molecule has 0 spiro atoms. The summed E-state index contributed by atoms with van der Waals surface area (Å²) in [6, 6.07) is 13.5. The Labute approximate surface area is 163 Å². The van der Waals surface area contributed by atoms with E-state index in [1.807, 2.05) is 18.2 Å². The summed E-state index contributed by atoms with van der Waals surface area (Å²) >= 11 is 17.8. The molecule has 3 rings (SSSR count). The van der Waals surface area contributed by atoms with Crippen LogP contribution in [0.1, 0.15) is 10.5 Å². The third kappa shape index (κ3) is 4.25. The van der Waals surface area contributed by atoms with Crippen molar-refractivity contribution in [3.63, 3.8) is 0 Å². The Kier molecular flexibility index (Phi) is 5.61. The van der Waals surface area contributed by atoms with Gasteiger partial charge < -0.3 is 10.1 Å². The van der Waals surface area contributed by atoms with Crippen LogP contribution in [-0.2, 0) is 9.53 Å². The van der Waals surface area contributed by atoms with Crippen molar-refractivity contribution in [2.45, 2.75) is 0 Å². The van der Waals surface area contributed by atoms with Gasteiger partial charge in [0.2, 0.25) is 0 Å². The average molecular weight is 410 g/mol. The van der Waals surface area contributed by atoms with Gasteiger partial charge in [0.1, 0.15) is 5.69 Å². The van der Waals surface area contributed by atoms with E-state index in [-0.39, 0.29) is 21.4 Å². The molecule has 0 radical (unpaired) electrons. The number of hydrogen-bond acceptors (Lipinski definition) is 4. The van der Waals surface area contributed by atoms with Crippen LogP contribution in [0.3, 0.4) is 0 Å². The molecule has 132 valence electrons. The minimum absolute atomic E-state index is 0.110. The topological polar surface area (TPSA) is 68.3 Å². The van der Waals surface area contributed by atoms with Crippen LogP contribution in [0.25, 0.3) is 10.9 Å². The van der Waals surface area contributed by atoms with Gasteiger partial charge in [0, 0.05) is 10.4 Å². The highest BCUT2D eigenvalue weighted by molar-refractivity contribution is 6.42. The number of para-hydroxylation sites is 1. The van der Waals surface area contributed by atoms with Crippen LogP contribution in [0.4, 0.5) is 5.69 Å². The van der Waals surface area contributed by atoms with E-state index < -0.39 is 18.5 Å². The lowest BCUT2D eigenvalue weighted by Crippen LogP contribution is -2.21. The zero-order chi connectivity index (χ0) is 18.7. The van der Waals surface area contributed by atoms with E-state index in [1.54, 1.807) is 12.1 Å². The van der Waals surface area contributed by atoms with Crippen molar-refractivity contribution < 1.29 is 14.3 Å². The second-order valence-corrected chi connectivity index (χ2v) is 6.51. The Morgan fingerprint density at radius 3 is 2.42 bits per heavy atom. The minimum atomic E-state index is -0.709. The van der Waals surface area contributed by atoms with Gasteiger partial charge in [-0.25, -0.2) is 9.78 Å². The van der Waals surface area contributed by atoms with Crippen molar-refractivity contribution in [3.8, 4) is 0 Å². The number of carbonyl (C=O) groups is 2. The second-order valence-electron chi connectivity index (χ2n) is 5.26. The molecule has 1 heterocycles. The lowest BCUT2D eigenvalue weighted by Gasteiger charge is -2.10. The standard InChI is InChI=1S/C18H11Cl3N2O3/c19-11-7-12(20)17(13(21)8-11)23-16(24)9-26-18(25)15-6-5-10-3-1-2-4-14(10)22-15/h1-8H,9H2,(H,23,24). The van der Waals surface area contributed by atoms with Crippen LogP contribution in [0, 0.1) is 0 Å². The van der Waals surface area contributed by atoms with Crippen molar-refractivity contribution in [3.05, 3.63) is 69.3 Å². The lowest BCUT2D eigenvalue weighted by molar-refractivity contribution is -0.119. The molecule has 0 aliphatic carbocycles. The average Bonchev–Trinajstić information content (AvgIpc) is 2.62. The summed E-state index contributed by atoms with van der Waals surface area (Å²) < 4.78 is 4.99. The molecule has 26 heavy (non-hydrogen) atoms. The van der Waals surface area contributed by atoms with Crippen LogP contribution in [0.2, 0.25) is 15.1 Å². The number of carbonyl (C=O) groups excluding carboxylic acids is 2. The number of pyridine rings is 1. The lowest BCUT2D eigenvalue weighted by atomic mass is 10.2. The maximum atomic E-state index is 12.1. The highest BCUT2D eigenvalue weighted by Crippen LogP contribution is 2.33. The predicted octanol–water partition coefficient (Wildman–Crippen LogP) is 4.99. The first-order valence-electron chi connectivity index (χ1n) is 7.41. The molecule has 1 aromatic heterocycles. The highest BCUT2D eigenvalue weighted by atomic mass is 35.5. The van der Waals surface area contributed by atoms with E-state index in [4.69, 9.17) is 39.5 Å². The summed E-state index contributed by atoms with van der Waals surface area (Å²) in [5, 5.41) is 4.08. The summed E-state index contributed by atoms with van der Waals surface area (Å²) in [6.07, 6.45) is 0. The Morgan fingerprint density at radius 2 is 1.69 bits per heavy atom. The van der Waals surface area contributed by atoms with Gasteiger partial charge in [0.15, 0.2) is 6.61 Å². The van der Waals surface area contributed by atoms with Gasteiger partial charge in [-0.15, -0.1) is 0 Å². The molecule has 0 aliphatic rings. The zero-order valence-electron chi connectivity index (χ0n) is 13.1. The number of fused-ring (bicyclic) bond motifs is 1. The molecule has 2 aromatic carbocycles. The monoisotopic (exact) mass is 408 g/mol. The van der Waals surface area contributed by atoms with E-state index in [2.05, 4.69) is 10.3 Å². The quantitative estimate of drug-likeness (QED) is 0.616. The number of anilines is 1. The number of benzene rings is 2. The van der Waals surface area contributed by atoms with Gasteiger partial charge in [-0.3, -0.25) is 4.79 Å². The van der Waals surface area contributed by atoms with Crippen molar-refractivity contribution in [2.24, 2.45) is 0 Å². The third-order valence-electron chi connectivity index (χ3n) is 3.41. The molecule has 0 fully saturated rings. The van der Waals surface area contributed by atoms with Crippen LogP contribution in [-0.4, -0.2) is 23.5 Å². The number of aromatic nitrogens is 1. The van der Waals surface area contributed by atoms with Crippen LogP contribution < -0.4 is 5.32 Å². The summed E-state index contributed by atoms with van der Waals surface area (Å²) in [7, 11) is 0. The van der Waals surface area contributed by atoms with Crippen LogP contribution in [0.15, 0.2) is 48.5 Å². The van der Waals surface area contributed by atoms with E-state index in [9.17, 15) is 9.59 Å². The number of amides is 1. The summed E-state index contributed by atoms with van der Waals surface area (Å²) in [4.78, 5) is 28.3. The molecule has 1 N–H and O–H groups in total. The maximum absolute atomic E-state index is 12.1. The fraction of sp³-hybridized carbons (Fsp3) is 0.0556. The molecule has 8 heteroatoms. The van der Waals surface area contributed by atoms with Gasteiger partial charge in [-0.05, 0) is 24.3 Å². The fourth-order valence-corrected chi connectivity index (χ4v) is 3.13. The number of rotatable bonds is 4. The molecule has 0 aliphatic heterocycles. The number of ether oxygens (including phenoxy) is 1. The first kappa shape index (κ1) is 18.5. The number of hydrogen-bond donors (Lipinski definition) is 1. The normalized spacial score (nSPS) is 10.6. The van der Waals surface area contributed by atoms with Gasteiger partial charge >= 0.3 is 5.97 Å².